The van der Waals surface area contributed by atoms with E-state index in [9.17, 15) is 14.4 Å². The molecule has 0 radical (unpaired) electrons. The van der Waals surface area contributed by atoms with Crippen molar-refractivity contribution in [3.05, 3.63) is 63.4 Å². The Morgan fingerprint density at radius 1 is 1.20 bits per heavy atom. The van der Waals surface area contributed by atoms with Crippen LogP contribution in [0.2, 0.25) is 0 Å². The standard InChI is InChI=1S/C27H36N3O9PS/c1-17(2)35-23(32)18(3)29-40(41,38-19-10-6-5-7-11-19)34-16-20-22-26(4,39-27(37-22)13-8-9-14-27)24(36-20)30-15-12-21(31)28-25(30)33/h5-7,10-12,15,17-18,20,22,24H,8-9,13-14,16H2,1-4H3,(H,29,41)(H,28,31,33). The van der Waals surface area contributed by atoms with Crippen LogP contribution in [0.4, 0.5) is 0 Å². The van der Waals surface area contributed by atoms with Crippen LogP contribution in [0.5, 0.6) is 5.75 Å². The van der Waals surface area contributed by atoms with Gasteiger partial charge in [0.2, 0.25) is 0 Å². The van der Waals surface area contributed by atoms with Gasteiger partial charge in [0.05, 0.1) is 12.7 Å². The molecule has 1 spiro atoms. The summed E-state index contributed by atoms with van der Waals surface area (Å²) in [6, 6.07) is 9.36. The van der Waals surface area contributed by atoms with Crippen LogP contribution < -0.4 is 20.9 Å². The number of carbonyl (C=O) groups is 1. The second-order valence-electron chi connectivity index (χ2n) is 11.0. The Bertz CT molecular complexity index is 1410. The lowest BCUT2D eigenvalue weighted by Crippen LogP contribution is -2.45. The smallest absolute Gasteiger partial charge is 0.330 e. The Labute approximate surface area is 242 Å². The Hall–Kier alpha value is -2.38. The van der Waals surface area contributed by atoms with Gasteiger partial charge in [0.25, 0.3) is 5.56 Å². The van der Waals surface area contributed by atoms with Crippen molar-refractivity contribution in [2.24, 2.45) is 0 Å². The first-order chi connectivity index (χ1) is 19.4. The molecule has 3 heterocycles. The van der Waals surface area contributed by atoms with Crippen LogP contribution in [-0.4, -0.2) is 57.9 Å². The minimum Gasteiger partial charge on any atom is -0.462 e. The zero-order valence-corrected chi connectivity index (χ0v) is 25.2. The van der Waals surface area contributed by atoms with E-state index in [4.69, 9.17) is 39.8 Å². The number of para-hydroxylation sites is 1. The number of benzene rings is 1. The number of hydrogen-bond acceptors (Lipinski definition) is 10. The Morgan fingerprint density at radius 3 is 2.56 bits per heavy atom. The van der Waals surface area contributed by atoms with Gasteiger partial charge >= 0.3 is 18.3 Å². The monoisotopic (exact) mass is 609 g/mol. The number of fused-ring (bicyclic) bond motifs is 1. The van der Waals surface area contributed by atoms with Crippen molar-refractivity contribution in [2.45, 2.75) is 95.3 Å². The molecule has 3 aliphatic rings. The largest absolute Gasteiger partial charge is 0.462 e. The number of ether oxygens (including phenoxy) is 4. The van der Waals surface area contributed by atoms with Crippen LogP contribution in [-0.2, 0) is 40.1 Å². The number of hydrogen-bond donors (Lipinski definition) is 2. The highest BCUT2D eigenvalue weighted by atomic mass is 32.5. The molecule has 0 bridgehead atoms. The van der Waals surface area contributed by atoms with Crippen LogP contribution in [0, 0.1) is 0 Å². The average molecular weight is 610 g/mol. The molecule has 3 fully saturated rings. The van der Waals surface area contributed by atoms with Gasteiger partial charge in [0, 0.05) is 25.1 Å². The van der Waals surface area contributed by atoms with E-state index in [-0.39, 0.29) is 12.7 Å². The van der Waals surface area contributed by atoms with Crippen molar-refractivity contribution in [1.82, 2.24) is 14.6 Å². The second-order valence-corrected chi connectivity index (χ2v) is 14.2. The summed E-state index contributed by atoms with van der Waals surface area (Å²) in [6.07, 6.45) is 2.16. The van der Waals surface area contributed by atoms with Crippen molar-refractivity contribution in [3.8, 4) is 5.75 Å². The van der Waals surface area contributed by atoms with E-state index in [2.05, 4.69) is 10.1 Å². The number of nitrogens with one attached hydrogen (secondary N) is 2. The van der Waals surface area contributed by atoms with Crippen molar-refractivity contribution < 1.29 is 32.8 Å². The lowest BCUT2D eigenvalue weighted by atomic mass is 9.96. The van der Waals surface area contributed by atoms with E-state index in [1.165, 1.54) is 16.8 Å². The van der Waals surface area contributed by atoms with Gasteiger partial charge in [-0.25, -0.2) is 9.88 Å². The van der Waals surface area contributed by atoms with Gasteiger partial charge in [-0.3, -0.25) is 19.1 Å². The molecule has 1 aromatic carbocycles. The zero-order chi connectivity index (χ0) is 29.4. The Morgan fingerprint density at radius 2 is 1.90 bits per heavy atom. The molecule has 2 N–H and O–H groups in total. The van der Waals surface area contributed by atoms with Gasteiger partial charge in [0.1, 0.15) is 29.6 Å². The van der Waals surface area contributed by atoms with E-state index in [1.807, 2.05) is 13.0 Å². The minimum atomic E-state index is -3.36. The summed E-state index contributed by atoms with van der Waals surface area (Å²) >= 11 is 5.86. The normalized spacial score (nSPS) is 28.9. The van der Waals surface area contributed by atoms with Crippen molar-refractivity contribution in [3.63, 3.8) is 0 Å². The molecule has 6 atom stereocenters. The maximum Gasteiger partial charge on any atom is 0.330 e. The van der Waals surface area contributed by atoms with Gasteiger partial charge in [-0.1, -0.05) is 18.2 Å². The third-order valence-corrected chi connectivity index (χ3v) is 9.85. The Balaban J connectivity index is 1.41. The molecule has 224 valence electrons. The van der Waals surface area contributed by atoms with Crippen LogP contribution in [0.1, 0.15) is 59.6 Å². The summed E-state index contributed by atoms with van der Waals surface area (Å²) in [5.74, 6) is -0.820. The lowest BCUT2D eigenvalue weighted by molar-refractivity contribution is -0.232. The van der Waals surface area contributed by atoms with Gasteiger partial charge in [-0.05, 0) is 64.5 Å². The molecule has 12 nitrogen and oxygen atoms in total. The first-order valence-corrected chi connectivity index (χ1v) is 16.4. The van der Waals surface area contributed by atoms with Gasteiger partial charge in [-0.2, -0.15) is 0 Å². The predicted octanol–water partition coefficient (Wildman–Crippen LogP) is 3.13. The molecule has 1 saturated carbocycles. The first-order valence-electron chi connectivity index (χ1n) is 13.7. The maximum atomic E-state index is 12.8. The molecule has 1 aliphatic carbocycles. The zero-order valence-electron chi connectivity index (χ0n) is 23.4. The summed E-state index contributed by atoms with van der Waals surface area (Å²) in [6.45, 7) is 3.55. The van der Waals surface area contributed by atoms with Crippen LogP contribution in [0.3, 0.4) is 0 Å². The van der Waals surface area contributed by atoms with Crippen LogP contribution >= 0.6 is 6.64 Å². The molecular formula is C27H36N3O9PS. The quantitative estimate of drug-likeness (QED) is 0.303. The van der Waals surface area contributed by atoms with E-state index in [1.54, 1.807) is 45.0 Å². The van der Waals surface area contributed by atoms with Gasteiger partial charge in [0.15, 0.2) is 12.0 Å². The van der Waals surface area contributed by atoms with Gasteiger partial charge in [-0.15, -0.1) is 0 Å². The highest BCUT2D eigenvalue weighted by molar-refractivity contribution is 8.09. The van der Waals surface area contributed by atoms with E-state index >= 15 is 0 Å². The lowest BCUT2D eigenvalue weighted by Gasteiger charge is -2.31. The topological polar surface area (TPSA) is 139 Å². The SMILES string of the molecule is CC(C)OC(=O)C(C)NP(=S)(OCC1OC(n2ccc(=O)[nH]c2=O)C2(C)OC3(CCCC3)OC12)Oc1ccccc1. The molecule has 5 rings (SSSR count). The summed E-state index contributed by atoms with van der Waals surface area (Å²) in [7, 11) is 0. The second kappa shape index (κ2) is 11.7. The Kier molecular flexibility index (Phi) is 8.60. The summed E-state index contributed by atoms with van der Waals surface area (Å²) in [5, 5.41) is 3.03. The number of nitrogens with zero attached hydrogens (tertiary/aromatic N) is 1. The van der Waals surface area contributed by atoms with Crippen molar-refractivity contribution >= 4 is 24.4 Å². The maximum absolute atomic E-state index is 12.8. The number of aromatic amines is 1. The van der Waals surface area contributed by atoms with Crippen LogP contribution in [0.25, 0.3) is 0 Å². The number of H-pyrrole nitrogens is 1. The summed E-state index contributed by atoms with van der Waals surface area (Å²) in [4.78, 5) is 39.4. The first kappa shape index (κ1) is 30.1. The fourth-order valence-corrected chi connectivity index (χ4v) is 7.98. The molecule has 6 unspecified atom stereocenters. The highest BCUT2D eigenvalue weighted by Crippen LogP contribution is 2.56. The number of aromatic nitrogens is 2. The summed E-state index contributed by atoms with van der Waals surface area (Å²) < 4.78 is 38.5. The predicted molar refractivity (Wildman–Crippen MR) is 152 cm³/mol. The molecular weight excluding hydrogens is 573 g/mol. The highest BCUT2D eigenvalue weighted by Gasteiger charge is 2.67. The molecule has 2 aromatic rings. The average Bonchev–Trinajstić information content (AvgIpc) is 3.55. The fraction of sp³-hybridized carbons (Fsp3) is 0.593. The van der Waals surface area contributed by atoms with E-state index in [0.717, 1.165) is 12.8 Å². The van der Waals surface area contributed by atoms with Gasteiger partial charge < -0.3 is 28.0 Å². The number of carbonyl (C=O) groups excluding carboxylic acids is 1. The molecule has 0 amide bonds. The minimum absolute atomic E-state index is 0.0860. The van der Waals surface area contributed by atoms with Crippen molar-refractivity contribution in [2.75, 3.05) is 6.61 Å². The number of rotatable bonds is 10. The summed E-state index contributed by atoms with van der Waals surface area (Å²) in [5.41, 5.74) is -2.21. The molecule has 2 aliphatic heterocycles. The third-order valence-electron chi connectivity index (χ3n) is 7.35. The molecule has 2 saturated heterocycles. The van der Waals surface area contributed by atoms with E-state index < -0.39 is 59.7 Å². The van der Waals surface area contributed by atoms with Crippen LogP contribution in [0.15, 0.2) is 52.2 Å². The molecule has 1 aromatic heterocycles. The molecule has 14 heteroatoms. The molecule has 41 heavy (non-hydrogen) atoms. The number of esters is 1. The van der Waals surface area contributed by atoms with E-state index in [0.29, 0.717) is 18.6 Å². The third kappa shape index (κ3) is 6.36. The van der Waals surface area contributed by atoms with Crippen molar-refractivity contribution in [1.29, 1.82) is 0 Å². The fourth-order valence-electron chi connectivity index (χ4n) is 5.56.